The van der Waals surface area contributed by atoms with Gasteiger partial charge in [-0.1, -0.05) is 0 Å². The molecular formula is C7H13FN2. The normalized spacial score (nSPS) is 54.3. The third-order valence-corrected chi connectivity index (χ3v) is 2.82. The van der Waals surface area contributed by atoms with E-state index in [9.17, 15) is 4.39 Å². The first-order valence-electron chi connectivity index (χ1n) is 3.73. The minimum atomic E-state index is -0.630. The molecule has 1 saturated carbocycles. The van der Waals surface area contributed by atoms with Gasteiger partial charge in [-0.2, -0.15) is 0 Å². The maximum atomic E-state index is 12.8. The van der Waals surface area contributed by atoms with Gasteiger partial charge in [-0.25, -0.2) is 4.39 Å². The van der Waals surface area contributed by atoms with E-state index in [1.54, 1.807) is 0 Å². The van der Waals surface area contributed by atoms with Gasteiger partial charge < -0.3 is 10.6 Å². The van der Waals surface area contributed by atoms with Gasteiger partial charge in [0.2, 0.25) is 0 Å². The van der Waals surface area contributed by atoms with Gasteiger partial charge in [0.15, 0.2) is 0 Å². The van der Waals surface area contributed by atoms with Crippen LogP contribution in [0.15, 0.2) is 0 Å². The predicted octanol–water partition coefficient (Wildman–Crippen LogP) is -0.0127. The van der Waals surface area contributed by atoms with Crippen molar-refractivity contribution in [2.45, 2.75) is 18.1 Å². The van der Waals surface area contributed by atoms with Crippen molar-refractivity contribution < 1.29 is 4.39 Å². The van der Waals surface area contributed by atoms with Gasteiger partial charge in [-0.3, -0.25) is 0 Å². The fourth-order valence-electron chi connectivity index (χ4n) is 2.24. The van der Waals surface area contributed by atoms with Crippen molar-refractivity contribution in [1.82, 2.24) is 4.90 Å². The number of nitrogens with zero attached hydrogens (tertiary/aromatic N) is 1. The third kappa shape index (κ3) is 0.648. The van der Waals surface area contributed by atoms with Gasteiger partial charge in [-0.05, 0) is 13.5 Å². The number of fused-ring (bicyclic) bond motifs is 1. The van der Waals surface area contributed by atoms with Crippen LogP contribution in [0.4, 0.5) is 4.39 Å². The van der Waals surface area contributed by atoms with Crippen LogP contribution in [0.2, 0.25) is 0 Å². The average Bonchev–Trinajstić information content (AvgIpc) is 2.03. The highest BCUT2D eigenvalue weighted by molar-refractivity contribution is 5.12. The van der Waals surface area contributed by atoms with Gasteiger partial charge in [0.1, 0.15) is 6.17 Å². The molecule has 0 radical (unpaired) electrons. The van der Waals surface area contributed by atoms with E-state index >= 15 is 0 Å². The molecule has 10 heavy (non-hydrogen) atoms. The van der Waals surface area contributed by atoms with Crippen molar-refractivity contribution in [3.8, 4) is 0 Å². The highest BCUT2D eigenvalue weighted by Crippen LogP contribution is 2.43. The van der Waals surface area contributed by atoms with Crippen molar-refractivity contribution in [2.75, 3.05) is 20.1 Å². The molecule has 2 N–H and O–H groups in total. The van der Waals surface area contributed by atoms with Gasteiger partial charge in [0.05, 0.1) is 0 Å². The molecule has 1 saturated heterocycles. The summed E-state index contributed by atoms with van der Waals surface area (Å²) in [7, 11) is 2.00. The minimum absolute atomic E-state index is 0.123. The van der Waals surface area contributed by atoms with Crippen LogP contribution in [0.1, 0.15) is 6.42 Å². The first-order chi connectivity index (χ1) is 4.62. The number of alkyl halides is 1. The SMILES string of the molecule is CN1C[C@H]2[C@@H](F)C[C@@]2(N)C1. The van der Waals surface area contributed by atoms with Crippen LogP contribution >= 0.6 is 0 Å². The van der Waals surface area contributed by atoms with E-state index < -0.39 is 6.17 Å². The lowest BCUT2D eigenvalue weighted by Gasteiger charge is -2.43. The Balaban J connectivity index is 2.12. The molecule has 1 heterocycles. The highest BCUT2D eigenvalue weighted by Gasteiger charge is 2.56. The smallest absolute Gasteiger partial charge is 0.108 e. The Morgan fingerprint density at radius 1 is 1.70 bits per heavy atom. The molecule has 2 aliphatic rings. The van der Waals surface area contributed by atoms with Crippen LogP contribution in [0.25, 0.3) is 0 Å². The molecule has 2 nitrogen and oxygen atoms in total. The van der Waals surface area contributed by atoms with E-state index in [4.69, 9.17) is 5.73 Å². The van der Waals surface area contributed by atoms with E-state index in [1.165, 1.54) is 0 Å². The summed E-state index contributed by atoms with van der Waals surface area (Å²) >= 11 is 0. The lowest BCUT2D eigenvalue weighted by Crippen LogP contribution is -2.61. The number of rotatable bonds is 0. The summed E-state index contributed by atoms with van der Waals surface area (Å²) in [6.07, 6.45) is -0.0582. The van der Waals surface area contributed by atoms with Crippen LogP contribution < -0.4 is 5.73 Å². The second kappa shape index (κ2) is 1.71. The lowest BCUT2D eigenvalue weighted by atomic mass is 9.68. The zero-order valence-electron chi connectivity index (χ0n) is 6.18. The third-order valence-electron chi connectivity index (χ3n) is 2.82. The summed E-state index contributed by atoms with van der Waals surface area (Å²) in [5, 5.41) is 0. The van der Waals surface area contributed by atoms with Crippen LogP contribution in [-0.2, 0) is 0 Å². The Kier molecular flexibility index (Phi) is 1.12. The zero-order chi connectivity index (χ0) is 7.35. The summed E-state index contributed by atoms with van der Waals surface area (Å²) in [6, 6.07) is 0. The summed E-state index contributed by atoms with van der Waals surface area (Å²) in [4.78, 5) is 2.12. The average molecular weight is 144 g/mol. The Labute approximate surface area is 60.2 Å². The Hall–Kier alpha value is -0.150. The first kappa shape index (κ1) is 6.55. The topological polar surface area (TPSA) is 29.3 Å². The first-order valence-corrected chi connectivity index (χ1v) is 3.73. The molecule has 1 aliphatic carbocycles. The van der Waals surface area contributed by atoms with Crippen LogP contribution in [0.5, 0.6) is 0 Å². The van der Waals surface area contributed by atoms with Gasteiger partial charge >= 0.3 is 0 Å². The summed E-state index contributed by atoms with van der Waals surface area (Å²) in [5.41, 5.74) is 5.73. The Morgan fingerprint density at radius 2 is 2.40 bits per heavy atom. The van der Waals surface area contributed by atoms with Gasteiger partial charge in [0.25, 0.3) is 0 Å². The van der Waals surface area contributed by atoms with E-state index in [-0.39, 0.29) is 11.5 Å². The molecule has 2 rings (SSSR count). The van der Waals surface area contributed by atoms with Gasteiger partial charge in [-0.15, -0.1) is 0 Å². The lowest BCUT2D eigenvalue weighted by molar-refractivity contribution is 0.0462. The molecule has 0 aromatic carbocycles. The standard InChI is InChI=1S/C7H13FN2/c1-10-3-5-6(8)2-7(5,9)4-10/h5-6H,2-4,9H2,1H3/t5-,6-,7+/m0/s1. The van der Waals surface area contributed by atoms with Crippen LogP contribution in [-0.4, -0.2) is 36.7 Å². The Bertz CT molecular complexity index is 162. The summed E-state index contributed by atoms with van der Waals surface area (Å²) in [5.74, 6) is 0.123. The summed E-state index contributed by atoms with van der Waals surface area (Å²) < 4.78 is 12.8. The highest BCUT2D eigenvalue weighted by atomic mass is 19.1. The van der Waals surface area contributed by atoms with Crippen LogP contribution in [0, 0.1) is 5.92 Å². The van der Waals surface area contributed by atoms with E-state index in [1.807, 2.05) is 7.05 Å². The van der Waals surface area contributed by atoms with Crippen molar-refractivity contribution in [3.63, 3.8) is 0 Å². The molecule has 2 fully saturated rings. The molecule has 3 heteroatoms. The molecule has 0 unspecified atom stereocenters. The Morgan fingerprint density at radius 3 is 2.80 bits per heavy atom. The maximum absolute atomic E-state index is 12.8. The van der Waals surface area contributed by atoms with Crippen molar-refractivity contribution in [2.24, 2.45) is 11.7 Å². The number of likely N-dealkylation sites (tertiary alicyclic amines) is 1. The molecule has 0 amide bonds. The summed E-state index contributed by atoms with van der Waals surface area (Å²) in [6.45, 7) is 1.72. The van der Waals surface area contributed by atoms with E-state index in [2.05, 4.69) is 4.90 Å². The maximum Gasteiger partial charge on any atom is 0.108 e. The molecule has 58 valence electrons. The molecule has 1 aliphatic heterocycles. The molecular weight excluding hydrogens is 131 g/mol. The van der Waals surface area contributed by atoms with Crippen LogP contribution in [0.3, 0.4) is 0 Å². The molecule has 3 atom stereocenters. The fraction of sp³-hybridized carbons (Fsp3) is 1.00. The van der Waals surface area contributed by atoms with Crippen molar-refractivity contribution >= 4 is 0 Å². The quantitative estimate of drug-likeness (QED) is 0.518. The number of hydrogen-bond acceptors (Lipinski definition) is 2. The van der Waals surface area contributed by atoms with Crippen molar-refractivity contribution in [3.05, 3.63) is 0 Å². The monoisotopic (exact) mass is 144 g/mol. The minimum Gasteiger partial charge on any atom is -0.324 e. The molecule has 0 aromatic heterocycles. The fourth-order valence-corrected chi connectivity index (χ4v) is 2.24. The predicted molar refractivity (Wildman–Crippen MR) is 37.4 cm³/mol. The van der Waals surface area contributed by atoms with E-state index in [0.717, 1.165) is 13.1 Å². The second-order valence-electron chi connectivity index (χ2n) is 3.76. The molecule has 0 bridgehead atoms. The van der Waals surface area contributed by atoms with Gasteiger partial charge in [0, 0.05) is 24.5 Å². The number of likely N-dealkylation sites (N-methyl/N-ethyl adjacent to an activating group) is 1. The second-order valence-corrected chi connectivity index (χ2v) is 3.76. The zero-order valence-corrected chi connectivity index (χ0v) is 6.18. The number of hydrogen-bond donors (Lipinski definition) is 1. The van der Waals surface area contributed by atoms with Crippen molar-refractivity contribution in [1.29, 1.82) is 0 Å². The number of halogens is 1. The largest absolute Gasteiger partial charge is 0.324 e. The molecule has 0 aromatic rings. The van der Waals surface area contributed by atoms with E-state index in [0.29, 0.717) is 6.42 Å². The molecule has 0 spiro atoms. The number of nitrogens with two attached hydrogens (primary N) is 1.